The Bertz CT molecular complexity index is 189. The second kappa shape index (κ2) is 2.86. The predicted octanol–water partition coefficient (Wildman–Crippen LogP) is 2.65. The third-order valence-corrected chi connectivity index (χ3v) is 3.47. The molecule has 3 rings (SSSR count). The highest BCUT2D eigenvalue weighted by Crippen LogP contribution is 2.48. The second-order valence-corrected chi connectivity index (χ2v) is 5.00. The van der Waals surface area contributed by atoms with Crippen LogP contribution in [0.4, 0.5) is 0 Å². The lowest BCUT2D eigenvalue weighted by Crippen LogP contribution is -2.43. The van der Waals surface area contributed by atoms with Gasteiger partial charge in [0.15, 0.2) is 0 Å². The zero-order chi connectivity index (χ0) is 8.72. The summed E-state index contributed by atoms with van der Waals surface area (Å²) < 4.78 is 0. The van der Waals surface area contributed by atoms with Crippen LogP contribution in [0.5, 0.6) is 0 Å². The van der Waals surface area contributed by atoms with E-state index in [1.165, 1.54) is 12.8 Å². The van der Waals surface area contributed by atoms with Crippen LogP contribution < -0.4 is 0 Å². The minimum atomic E-state index is 0.440. The van der Waals surface area contributed by atoms with Crippen molar-refractivity contribution in [3.8, 4) is 0 Å². The molecule has 68 valence electrons. The van der Waals surface area contributed by atoms with E-state index >= 15 is 0 Å². The Morgan fingerprint density at radius 3 is 2.58 bits per heavy atom. The number of hydrogen-bond acceptors (Lipinski definition) is 1. The van der Waals surface area contributed by atoms with Crippen molar-refractivity contribution in [1.82, 2.24) is 0 Å². The fourth-order valence-corrected chi connectivity index (χ4v) is 2.81. The van der Waals surface area contributed by atoms with Crippen LogP contribution in [0.2, 0.25) is 0 Å². The van der Waals surface area contributed by atoms with Crippen molar-refractivity contribution >= 4 is 5.78 Å². The summed E-state index contributed by atoms with van der Waals surface area (Å²) in [7, 11) is 0. The number of hydrogen-bond donors (Lipinski definition) is 0. The first-order valence-corrected chi connectivity index (χ1v) is 5.19. The van der Waals surface area contributed by atoms with Gasteiger partial charge in [-0.3, -0.25) is 4.79 Å². The summed E-state index contributed by atoms with van der Waals surface area (Å²) in [5, 5.41) is 0. The zero-order valence-corrected chi connectivity index (χ0v) is 8.05. The molecule has 0 spiro atoms. The molecule has 1 nitrogen and oxygen atoms in total. The smallest absolute Gasteiger partial charge is 0.136 e. The summed E-state index contributed by atoms with van der Waals surface area (Å²) in [6.45, 7) is 4.44. The van der Waals surface area contributed by atoms with Crippen molar-refractivity contribution < 1.29 is 4.79 Å². The minimum Gasteiger partial charge on any atom is -0.299 e. The molecule has 0 saturated heterocycles. The molecule has 0 radical (unpaired) electrons. The highest BCUT2D eigenvalue weighted by molar-refractivity contribution is 5.83. The lowest BCUT2D eigenvalue weighted by atomic mass is 9.58. The molecule has 3 fully saturated rings. The van der Waals surface area contributed by atoms with E-state index in [9.17, 15) is 4.79 Å². The molecule has 0 aromatic heterocycles. The lowest BCUT2D eigenvalue weighted by molar-refractivity contribution is -0.135. The van der Waals surface area contributed by atoms with E-state index in [2.05, 4.69) is 13.8 Å². The van der Waals surface area contributed by atoms with Crippen LogP contribution in [0.25, 0.3) is 0 Å². The summed E-state index contributed by atoms with van der Waals surface area (Å²) in [4.78, 5) is 11.6. The molecule has 3 aliphatic carbocycles. The van der Waals surface area contributed by atoms with Crippen molar-refractivity contribution in [3.05, 3.63) is 0 Å². The average Bonchev–Trinajstić information content (AvgIpc) is 1.89. The molecule has 1 heteroatoms. The molecular weight excluding hydrogens is 148 g/mol. The zero-order valence-electron chi connectivity index (χ0n) is 8.05. The molecule has 1 atom stereocenters. The highest BCUT2D eigenvalue weighted by Gasteiger charge is 2.44. The Labute approximate surface area is 74.5 Å². The fraction of sp³-hybridized carbons (Fsp3) is 0.909. The Kier molecular flexibility index (Phi) is 1.97. The van der Waals surface area contributed by atoms with Crippen molar-refractivity contribution in [2.75, 3.05) is 0 Å². The molecule has 2 bridgehead atoms. The van der Waals surface area contributed by atoms with E-state index in [1.54, 1.807) is 0 Å². The van der Waals surface area contributed by atoms with Gasteiger partial charge in [0.05, 0.1) is 0 Å². The largest absolute Gasteiger partial charge is 0.299 e. The first-order chi connectivity index (χ1) is 5.66. The van der Waals surface area contributed by atoms with Crippen molar-refractivity contribution in [2.45, 2.75) is 39.5 Å². The summed E-state index contributed by atoms with van der Waals surface area (Å²) in [5.41, 5.74) is 0. The highest BCUT2D eigenvalue weighted by atomic mass is 16.1. The van der Waals surface area contributed by atoms with Crippen molar-refractivity contribution in [2.24, 2.45) is 23.7 Å². The molecule has 0 N–H and O–H groups in total. The van der Waals surface area contributed by atoms with Gasteiger partial charge in [-0.15, -0.1) is 0 Å². The van der Waals surface area contributed by atoms with Gasteiger partial charge in [0.25, 0.3) is 0 Å². The van der Waals surface area contributed by atoms with E-state index in [4.69, 9.17) is 0 Å². The number of fused-ring (bicyclic) bond motifs is 2. The second-order valence-electron chi connectivity index (χ2n) is 5.00. The Morgan fingerprint density at radius 2 is 2.08 bits per heavy atom. The predicted molar refractivity (Wildman–Crippen MR) is 48.8 cm³/mol. The Hall–Kier alpha value is -0.330. The molecule has 3 aliphatic rings. The molecule has 0 aromatic rings. The third-order valence-electron chi connectivity index (χ3n) is 3.47. The molecule has 0 aliphatic heterocycles. The first kappa shape index (κ1) is 8.28. The summed E-state index contributed by atoms with van der Waals surface area (Å²) in [5.74, 6) is 3.26. The van der Waals surface area contributed by atoms with Gasteiger partial charge in [-0.1, -0.05) is 13.8 Å². The van der Waals surface area contributed by atoms with Gasteiger partial charge in [-0.05, 0) is 37.0 Å². The number of rotatable bonds is 2. The SMILES string of the molecule is CC(C)CC1C(=O)CC2CC1C2. The summed E-state index contributed by atoms with van der Waals surface area (Å²) >= 11 is 0. The number of ketones is 1. The van der Waals surface area contributed by atoms with Gasteiger partial charge in [0.1, 0.15) is 5.78 Å². The molecule has 0 aromatic carbocycles. The maximum atomic E-state index is 11.6. The van der Waals surface area contributed by atoms with Gasteiger partial charge in [-0.25, -0.2) is 0 Å². The standard InChI is InChI=1S/C11H18O/c1-7(2)3-10-9-4-8(5-9)6-11(10)12/h7-10H,3-6H2,1-2H3. The monoisotopic (exact) mass is 166 g/mol. The van der Waals surface area contributed by atoms with E-state index < -0.39 is 0 Å². The van der Waals surface area contributed by atoms with Crippen LogP contribution in [-0.4, -0.2) is 5.78 Å². The Morgan fingerprint density at radius 1 is 1.42 bits per heavy atom. The van der Waals surface area contributed by atoms with Gasteiger partial charge >= 0.3 is 0 Å². The normalized spacial score (nSPS) is 39.9. The molecular formula is C11H18O. The summed E-state index contributed by atoms with van der Waals surface area (Å²) in [6.07, 6.45) is 4.73. The van der Waals surface area contributed by atoms with E-state index in [-0.39, 0.29) is 0 Å². The van der Waals surface area contributed by atoms with Crippen LogP contribution in [0.3, 0.4) is 0 Å². The Balaban J connectivity index is 1.97. The van der Waals surface area contributed by atoms with Crippen molar-refractivity contribution in [1.29, 1.82) is 0 Å². The van der Waals surface area contributed by atoms with E-state index in [1.807, 2.05) is 0 Å². The van der Waals surface area contributed by atoms with E-state index in [0.717, 1.165) is 24.7 Å². The van der Waals surface area contributed by atoms with Crippen molar-refractivity contribution in [3.63, 3.8) is 0 Å². The molecule has 0 heterocycles. The number of Topliss-reactive ketones (excluding diaryl/α,β-unsaturated/α-hetero) is 1. The average molecular weight is 166 g/mol. The van der Waals surface area contributed by atoms with Crippen LogP contribution in [0.1, 0.15) is 39.5 Å². The van der Waals surface area contributed by atoms with E-state index in [0.29, 0.717) is 17.6 Å². The van der Waals surface area contributed by atoms with Gasteiger partial charge in [0, 0.05) is 12.3 Å². The van der Waals surface area contributed by atoms with Gasteiger partial charge < -0.3 is 0 Å². The maximum Gasteiger partial charge on any atom is 0.136 e. The van der Waals surface area contributed by atoms with Crippen LogP contribution >= 0.6 is 0 Å². The fourth-order valence-electron chi connectivity index (χ4n) is 2.81. The maximum absolute atomic E-state index is 11.6. The van der Waals surface area contributed by atoms with Crippen LogP contribution in [-0.2, 0) is 4.79 Å². The molecule has 3 saturated carbocycles. The molecule has 1 unspecified atom stereocenters. The quantitative estimate of drug-likeness (QED) is 0.616. The van der Waals surface area contributed by atoms with Gasteiger partial charge in [0.2, 0.25) is 0 Å². The summed E-state index contributed by atoms with van der Waals surface area (Å²) in [6, 6.07) is 0. The van der Waals surface area contributed by atoms with Gasteiger partial charge in [-0.2, -0.15) is 0 Å². The number of carbonyl (C=O) groups excluding carboxylic acids is 1. The first-order valence-electron chi connectivity index (χ1n) is 5.19. The third kappa shape index (κ3) is 1.30. The van der Waals surface area contributed by atoms with Crippen LogP contribution in [0, 0.1) is 23.7 Å². The molecule has 12 heavy (non-hydrogen) atoms. The topological polar surface area (TPSA) is 17.1 Å². The lowest BCUT2D eigenvalue weighted by Gasteiger charge is -2.46. The molecule has 0 amide bonds. The van der Waals surface area contributed by atoms with Crippen LogP contribution in [0.15, 0.2) is 0 Å². The minimum absolute atomic E-state index is 0.440. The number of carbonyl (C=O) groups is 1.